The van der Waals surface area contributed by atoms with Gasteiger partial charge in [0, 0.05) is 13.0 Å². The van der Waals surface area contributed by atoms with Crippen molar-refractivity contribution in [1.29, 1.82) is 0 Å². The second kappa shape index (κ2) is 12.5. The normalized spacial score (nSPS) is 38.4. The summed E-state index contributed by atoms with van der Waals surface area (Å²) < 4.78 is 26.6. The molecular weight excluding hydrogens is 448 g/mol. The molecule has 9 atom stereocenters. The Balaban J connectivity index is 1.98. The van der Waals surface area contributed by atoms with E-state index in [4.69, 9.17) is 28.8 Å². The van der Waals surface area contributed by atoms with Crippen LogP contribution in [0, 0.1) is 5.92 Å². The van der Waals surface area contributed by atoms with Gasteiger partial charge in [0.05, 0.1) is 39.5 Å². The molecule has 2 rings (SSSR count). The van der Waals surface area contributed by atoms with E-state index in [1.807, 2.05) is 0 Å². The molecule has 0 aromatic carbocycles. The first-order valence-corrected chi connectivity index (χ1v) is 10.5. The summed E-state index contributed by atoms with van der Waals surface area (Å²) in [6.07, 6.45) is -8.83. The Morgan fingerprint density at radius 3 is 2.39 bits per heavy atom. The highest BCUT2D eigenvalue weighted by Gasteiger charge is 2.50. The highest BCUT2D eigenvalue weighted by atomic mass is 16.7. The molecule has 2 heterocycles. The Bertz CT molecular complexity index is 658. The van der Waals surface area contributed by atoms with Gasteiger partial charge in [0.25, 0.3) is 0 Å². The molecule has 0 radical (unpaired) electrons. The first kappa shape index (κ1) is 28.0. The van der Waals surface area contributed by atoms with Crippen LogP contribution in [-0.2, 0) is 28.5 Å². The lowest BCUT2D eigenvalue weighted by atomic mass is 9.96. The zero-order chi connectivity index (χ0) is 24.8. The van der Waals surface area contributed by atoms with Crippen molar-refractivity contribution in [3.63, 3.8) is 0 Å². The van der Waals surface area contributed by atoms with E-state index in [1.54, 1.807) is 13.0 Å². The molecule has 0 aromatic rings. The van der Waals surface area contributed by atoms with Gasteiger partial charge in [-0.2, -0.15) is 0 Å². The Morgan fingerprint density at radius 2 is 1.85 bits per heavy atom. The fourth-order valence-corrected chi connectivity index (χ4v) is 3.64. The van der Waals surface area contributed by atoms with E-state index in [9.17, 15) is 35.4 Å². The van der Waals surface area contributed by atoms with Gasteiger partial charge in [0.1, 0.15) is 36.1 Å². The summed E-state index contributed by atoms with van der Waals surface area (Å²) in [5.41, 5.74) is -1.32. The van der Waals surface area contributed by atoms with Crippen molar-refractivity contribution in [3.8, 4) is 0 Å². The van der Waals surface area contributed by atoms with Crippen LogP contribution in [0.15, 0.2) is 11.6 Å². The van der Waals surface area contributed by atoms with Crippen LogP contribution >= 0.6 is 0 Å². The van der Waals surface area contributed by atoms with Gasteiger partial charge in [-0.1, -0.05) is 6.08 Å². The molecule has 0 bridgehead atoms. The number of aliphatic hydroxyl groups is 6. The predicted molar refractivity (Wildman–Crippen MR) is 108 cm³/mol. The van der Waals surface area contributed by atoms with Gasteiger partial charge in [0.2, 0.25) is 0 Å². The number of ether oxygens (including phenoxy) is 5. The maximum Gasteiger partial charge on any atom is 0.304 e. The summed E-state index contributed by atoms with van der Waals surface area (Å²) in [5, 5.41) is 69.0. The molecule has 33 heavy (non-hydrogen) atoms. The quantitative estimate of drug-likeness (QED) is 0.138. The topological polar surface area (TPSA) is 205 Å². The average Bonchev–Trinajstić information content (AvgIpc) is 3.07. The molecule has 0 aromatic heterocycles. The second-order valence-electron chi connectivity index (χ2n) is 8.16. The van der Waals surface area contributed by atoms with Gasteiger partial charge < -0.3 is 59.4 Å². The zero-order valence-electron chi connectivity index (χ0n) is 18.5. The molecule has 0 aliphatic carbocycles. The lowest BCUT2D eigenvalue weighted by molar-refractivity contribution is -0.308. The number of carbonyl (C=O) groups is 1. The monoisotopic (exact) mass is 482 g/mol. The van der Waals surface area contributed by atoms with Crippen molar-refractivity contribution in [3.05, 3.63) is 11.6 Å². The molecule has 2 aliphatic rings. The summed E-state index contributed by atoms with van der Waals surface area (Å²) in [6.45, 7) is 0.153. The highest BCUT2D eigenvalue weighted by Crippen LogP contribution is 2.28. The minimum absolute atomic E-state index is 0.130. The van der Waals surface area contributed by atoms with Crippen molar-refractivity contribution >= 4 is 5.97 Å². The van der Waals surface area contributed by atoms with Crippen LogP contribution in [0.5, 0.6) is 0 Å². The van der Waals surface area contributed by atoms with Gasteiger partial charge in [0.15, 0.2) is 12.6 Å². The van der Waals surface area contributed by atoms with Crippen molar-refractivity contribution in [1.82, 2.24) is 0 Å². The third-order valence-electron chi connectivity index (χ3n) is 5.77. The maximum absolute atomic E-state index is 11.1. The van der Waals surface area contributed by atoms with Crippen LogP contribution in [0.25, 0.3) is 0 Å². The van der Waals surface area contributed by atoms with E-state index in [-0.39, 0.29) is 26.2 Å². The van der Waals surface area contributed by atoms with Gasteiger partial charge in [-0.25, -0.2) is 0 Å². The first-order valence-electron chi connectivity index (χ1n) is 10.5. The summed E-state index contributed by atoms with van der Waals surface area (Å²) in [4.78, 5) is 11.1. The highest BCUT2D eigenvalue weighted by molar-refractivity contribution is 5.67. The number of aliphatic hydroxyl groups excluding tert-OH is 5. The van der Waals surface area contributed by atoms with E-state index >= 15 is 0 Å². The van der Waals surface area contributed by atoms with Crippen molar-refractivity contribution in [2.75, 3.05) is 40.1 Å². The molecule has 0 saturated carbocycles. The number of hydrogen-bond donors (Lipinski definition) is 7. The number of hydrogen-bond acceptors (Lipinski definition) is 12. The van der Waals surface area contributed by atoms with Gasteiger partial charge in [-0.05, 0) is 12.5 Å². The van der Waals surface area contributed by atoms with Crippen LogP contribution in [0.4, 0.5) is 0 Å². The molecule has 2 aliphatic heterocycles. The van der Waals surface area contributed by atoms with E-state index in [0.29, 0.717) is 5.57 Å². The maximum atomic E-state index is 11.1. The van der Waals surface area contributed by atoms with E-state index in [1.165, 1.54) is 7.11 Å². The van der Waals surface area contributed by atoms with Crippen LogP contribution in [-0.4, -0.2) is 131 Å². The smallest absolute Gasteiger partial charge is 0.304 e. The van der Waals surface area contributed by atoms with Crippen molar-refractivity contribution < 1.29 is 64.2 Å². The summed E-state index contributed by atoms with van der Waals surface area (Å²) in [5.74, 6) is -1.51. The van der Waals surface area contributed by atoms with E-state index in [0.717, 1.165) is 0 Å². The number of allylic oxidation sites excluding steroid dienone is 1. The molecule has 9 unspecified atom stereocenters. The molecule has 2 saturated heterocycles. The molecule has 2 fully saturated rings. The molecule has 7 N–H and O–H groups in total. The minimum atomic E-state index is -1.89. The summed E-state index contributed by atoms with van der Waals surface area (Å²) >= 11 is 0. The van der Waals surface area contributed by atoms with Crippen molar-refractivity contribution in [2.24, 2.45) is 5.92 Å². The SMILES string of the molecule is CC=C(COC1OC(COC2OCC(O)(CO)C2O)C(O)C(O)C1O)C(COC)CC(=O)O. The standard InChI is InChI=1S/C20H34O13/c1-3-10(11(5-29-2)4-13(22)23)6-30-18-16(26)15(25)14(24)12(33-18)7-31-19-17(27)20(28,8-21)9-32-19/h3,11-12,14-19,21,24-28H,4-9H2,1-2H3,(H,22,23). The number of carboxylic acid groups (broad SMARTS) is 1. The van der Waals surface area contributed by atoms with E-state index in [2.05, 4.69) is 0 Å². The Kier molecular flexibility index (Phi) is 10.6. The molecule has 0 spiro atoms. The molecular formula is C20H34O13. The second-order valence-corrected chi connectivity index (χ2v) is 8.16. The zero-order valence-corrected chi connectivity index (χ0v) is 18.5. The van der Waals surface area contributed by atoms with Crippen LogP contribution < -0.4 is 0 Å². The summed E-state index contributed by atoms with van der Waals surface area (Å²) in [6, 6.07) is 0. The van der Waals surface area contributed by atoms with Gasteiger partial charge in [-0.15, -0.1) is 0 Å². The van der Waals surface area contributed by atoms with Crippen LogP contribution in [0.1, 0.15) is 13.3 Å². The number of carboxylic acids is 1. The predicted octanol–water partition coefficient (Wildman–Crippen LogP) is -3.05. The number of rotatable bonds is 12. The summed E-state index contributed by atoms with van der Waals surface area (Å²) in [7, 11) is 1.44. The van der Waals surface area contributed by atoms with Gasteiger partial charge in [-0.3, -0.25) is 4.79 Å². The Hall–Kier alpha value is -1.23. The lowest BCUT2D eigenvalue weighted by Crippen LogP contribution is -2.59. The van der Waals surface area contributed by atoms with Crippen LogP contribution in [0.3, 0.4) is 0 Å². The molecule has 13 nitrogen and oxygen atoms in total. The molecule has 0 amide bonds. The number of aliphatic carboxylic acids is 1. The van der Waals surface area contributed by atoms with Gasteiger partial charge >= 0.3 is 5.97 Å². The fourth-order valence-electron chi connectivity index (χ4n) is 3.64. The largest absolute Gasteiger partial charge is 0.481 e. The average molecular weight is 482 g/mol. The Labute approximate surface area is 190 Å². The molecule has 13 heteroatoms. The lowest BCUT2D eigenvalue weighted by Gasteiger charge is -2.40. The van der Waals surface area contributed by atoms with Crippen LogP contribution in [0.2, 0.25) is 0 Å². The van der Waals surface area contributed by atoms with E-state index < -0.39 is 73.8 Å². The third kappa shape index (κ3) is 6.90. The molecule has 192 valence electrons. The minimum Gasteiger partial charge on any atom is -0.481 e. The number of methoxy groups -OCH3 is 1. The Morgan fingerprint density at radius 1 is 1.15 bits per heavy atom. The fraction of sp³-hybridized carbons (Fsp3) is 0.850. The third-order valence-corrected chi connectivity index (χ3v) is 5.77. The first-order chi connectivity index (χ1) is 15.6. The van der Waals surface area contributed by atoms with Crippen molar-refractivity contribution in [2.45, 2.75) is 62.0 Å².